The van der Waals surface area contributed by atoms with Crippen LogP contribution in [0.2, 0.25) is 0 Å². The zero-order chi connectivity index (χ0) is 23.5. The van der Waals surface area contributed by atoms with Crippen LogP contribution in [0.25, 0.3) is 16.3 Å². The Kier molecular flexibility index (Phi) is 4.53. The summed E-state index contributed by atoms with van der Waals surface area (Å²) in [5.74, 6) is -1.98. The Morgan fingerprint density at radius 3 is 2.39 bits per heavy atom. The number of ether oxygens (including phenoxy) is 2. The molecule has 0 radical (unpaired) electrons. The predicted molar refractivity (Wildman–Crippen MR) is 125 cm³/mol. The summed E-state index contributed by atoms with van der Waals surface area (Å²) >= 11 is 0. The lowest BCUT2D eigenvalue weighted by atomic mass is 9.74. The zero-order valence-corrected chi connectivity index (χ0v) is 18.7. The summed E-state index contributed by atoms with van der Waals surface area (Å²) in [6, 6.07) is 15.0. The van der Waals surface area contributed by atoms with E-state index in [1.54, 1.807) is 0 Å². The van der Waals surface area contributed by atoms with E-state index in [2.05, 4.69) is 10.6 Å². The number of aryl methyl sites for hydroxylation is 2. The molecule has 7 heteroatoms. The Labute approximate surface area is 190 Å². The summed E-state index contributed by atoms with van der Waals surface area (Å²) in [6.07, 6.45) is 0. The molecule has 1 atom stereocenters. The lowest BCUT2D eigenvalue weighted by molar-refractivity contribution is -0.139. The van der Waals surface area contributed by atoms with Gasteiger partial charge in [0.2, 0.25) is 0 Å². The number of carbonyl (C=O) groups excluding carboxylic acids is 3. The van der Waals surface area contributed by atoms with Crippen molar-refractivity contribution < 1.29 is 23.9 Å². The number of carbonyl (C=O) groups is 3. The predicted octanol–water partition coefficient (Wildman–Crippen LogP) is 3.83. The molecule has 2 aliphatic heterocycles. The SMILES string of the molecule is COC(=O)C1=C(C(=O)OC)C2(Nc3ccc4ccccc4c31)C(=O)Nc1c(C)cc(C)cc12. The van der Waals surface area contributed by atoms with Gasteiger partial charge in [0.25, 0.3) is 5.91 Å². The molecule has 3 aromatic carbocycles. The van der Waals surface area contributed by atoms with Crippen LogP contribution in [0.15, 0.2) is 54.1 Å². The highest BCUT2D eigenvalue weighted by Gasteiger charge is 2.57. The van der Waals surface area contributed by atoms with E-state index in [-0.39, 0.29) is 11.1 Å². The first-order chi connectivity index (χ1) is 15.8. The molecule has 0 bridgehead atoms. The third-order valence-corrected chi connectivity index (χ3v) is 6.37. The number of hydrogen-bond donors (Lipinski definition) is 2. The monoisotopic (exact) mass is 442 g/mol. The maximum Gasteiger partial charge on any atom is 0.339 e. The van der Waals surface area contributed by atoms with Crippen molar-refractivity contribution in [2.24, 2.45) is 0 Å². The molecule has 166 valence electrons. The van der Waals surface area contributed by atoms with Crippen molar-refractivity contribution in [2.75, 3.05) is 24.9 Å². The van der Waals surface area contributed by atoms with Gasteiger partial charge in [-0.1, -0.05) is 48.0 Å². The number of rotatable bonds is 2. The van der Waals surface area contributed by atoms with Crippen LogP contribution in [-0.4, -0.2) is 32.1 Å². The van der Waals surface area contributed by atoms with Gasteiger partial charge in [0.05, 0.1) is 31.1 Å². The van der Waals surface area contributed by atoms with Crippen molar-refractivity contribution in [1.29, 1.82) is 0 Å². The smallest absolute Gasteiger partial charge is 0.339 e. The first-order valence-corrected chi connectivity index (χ1v) is 10.5. The van der Waals surface area contributed by atoms with Gasteiger partial charge in [-0.25, -0.2) is 9.59 Å². The highest BCUT2D eigenvalue weighted by molar-refractivity contribution is 6.32. The van der Waals surface area contributed by atoms with Gasteiger partial charge in [-0.05, 0) is 36.2 Å². The first kappa shape index (κ1) is 20.8. The van der Waals surface area contributed by atoms with Crippen LogP contribution in [0.3, 0.4) is 0 Å². The minimum absolute atomic E-state index is 0.0112. The Balaban J connectivity index is 1.98. The van der Waals surface area contributed by atoms with E-state index in [9.17, 15) is 14.4 Å². The standard InChI is InChI=1S/C26H22N2O5/c1-13-11-14(2)22-17(12-13)26(25(31)27-22)21(24(30)33-4)20(23(29)32-3)19-16-8-6-5-7-15(16)9-10-18(19)28-26/h5-12,28H,1-4H3,(H,27,31). The Bertz CT molecular complexity index is 1420. The average Bonchev–Trinajstić information content (AvgIpc) is 3.08. The molecule has 3 aromatic rings. The van der Waals surface area contributed by atoms with Crippen LogP contribution in [0, 0.1) is 13.8 Å². The lowest BCUT2D eigenvalue weighted by Crippen LogP contribution is -2.49. The molecule has 0 aliphatic carbocycles. The highest BCUT2D eigenvalue weighted by atomic mass is 16.5. The third kappa shape index (κ3) is 2.72. The molecule has 2 heterocycles. The molecule has 0 saturated heterocycles. The van der Waals surface area contributed by atoms with Crippen molar-refractivity contribution >= 4 is 45.6 Å². The van der Waals surface area contributed by atoms with E-state index in [0.717, 1.165) is 21.9 Å². The fourth-order valence-corrected chi connectivity index (χ4v) is 5.02. The summed E-state index contributed by atoms with van der Waals surface area (Å²) in [6.45, 7) is 3.80. The normalized spacial score (nSPS) is 18.5. The molecule has 1 spiro atoms. The third-order valence-electron chi connectivity index (χ3n) is 6.37. The van der Waals surface area contributed by atoms with Gasteiger partial charge in [-0.3, -0.25) is 4.79 Å². The molecule has 7 nitrogen and oxygen atoms in total. The van der Waals surface area contributed by atoms with Crippen LogP contribution in [0.1, 0.15) is 22.3 Å². The summed E-state index contributed by atoms with van der Waals surface area (Å²) in [4.78, 5) is 40.2. The van der Waals surface area contributed by atoms with Gasteiger partial charge >= 0.3 is 11.9 Å². The van der Waals surface area contributed by atoms with Crippen molar-refractivity contribution in [1.82, 2.24) is 0 Å². The van der Waals surface area contributed by atoms with Gasteiger partial charge in [0.1, 0.15) is 0 Å². The molecule has 0 saturated carbocycles. The fraction of sp³-hybridized carbons (Fsp3) is 0.192. The molecule has 1 amide bonds. The second-order valence-electron chi connectivity index (χ2n) is 8.28. The Morgan fingerprint density at radius 2 is 1.67 bits per heavy atom. The van der Waals surface area contributed by atoms with E-state index in [4.69, 9.17) is 9.47 Å². The van der Waals surface area contributed by atoms with Crippen LogP contribution in [0.5, 0.6) is 0 Å². The Morgan fingerprint density at radius 1 is 0.939 bits per heavy atom. The van der Waals surface area contributed by atoms with Crippen LogP contribution in [-0.2, 0) is 29.4 Å². The van der Waals surface area contributed by atoms with E-state index in [1.807, 2.05) is 62.4 Å². The van der Waals surface area contributed by atoms with Crippen molar-refractivity contribution in [3.05, 3.63) is 76.4 Å². The molecular formula is C26H22N2O5. The maximum absolute atomic E-state index is 13.7. The fourth-order valence-electron chi connectivity index (χ4n) is 5.02. The number of nitrogens with one attached hydrogen (secondary N) is 2. The minimum Gasteiger partial charge on any atom is -0.466 e. The molecule has 5 rings (SSSR count). The minimum atomic E-state index is -1.65. The van der Waals surface area contributed by atoms with Crippen molar-refractivity contribution in [3.63, 3.8) is 0 Å². The van der Waals surface area contributed by atoms with Gasteiger partial charge in [-0.15, -0.1) is 0 Å². The van der Waals surface area contributed by atoms with E-state index < -0.39 is 23.4 Å². The number of esters is 2. The molecule has 33 heavy (non-hydrogen) atoms. The van der Waals surface area contributed by atoms with Crippen molar-refractivity contribution in [3.8, 4) is 0 Å². The van der Waals surface area contributed by atoms with Gasteiger partial charge in [0, 0.05) is 16.8 Å². The molecule has 2 aliphatic rings. The van der Waals surface area contributed by atoms with E-state index in [0.29, 0.717) is 22.5 Å². The van der Waals surface area contributed by atoms with Crippen LogP contribution < -0.4 is 10.6 Å². The average molecular weight is 442 g/mol. The van der Waals surface area contributed by atoms with Crippen LogP contribution >= 0.6 is 0 Å². The number of hydrogen-bond acceptors (Lipinski definition) is 6. The van der Waals surface area contributed by atoms with Crippen molar-refractivity contribution in [2.45, 2.75) is 19.4 Å². The number of amides is 1. The topological polar surface area (TPSA) is 93.7 Å². The summed E-state index contributed by atoms with van der Waals surface area (Å²) < 4.78 is 10.3. The van der Waals surface area contributed by atoms with Gasteiger partial charge in [-0.2, -0.15) is 0 Å². The number of benzene rings is 3. The molecule has 1 unspecified atom stereocenters. The molecule has 2 N–H and O–H groups in total. The largest absolute Gasteiger partial charge is 0.466 e. The summed E-state index contributed by atoms with van der Waals surface area (Å²) in [5, 5.41) is 7.86. The highest BCUT2D eigenvalue weighted by Crippen LogP contribution is 2.52. The van der Waals surface area contributed by atoms with Crippen LogP contribution in [0.4, 0.5) is 11.4 Å². The number of anilines is 2. The van der Waals surface area contributed by atoms with Gasteiger partial charge in [0.15, 0.2) is 5.54 Å². The number of fused-ring (bicyclic) bond motifs is 5. The summed E-state index contributed by atoms with van der Waals surface area (Å²) in [7, 11) is 2.48. The second kappa shape index (κ2) is 7.20. The number of methoxy groups -OCH3 is 2. The molecular weight excluding hydrogens is 420 g/mol. The molecule has 0 aromatic heterocycles. The molecule has 0 fully saturated rings. The quantitative estimate of drug-likeness (QED) is 0.586. The lowest BCUT2D eigenvalue weighted by Gasteiger charge is -2.37. The van der Waals surface area contributed by atoms with E-state index in [1.165, 1.54) is 14.2 Å². The second-order valence-corrected chi connectivity index (χ2v) is 8.28. The maximum atomic E-state index is 13.7. The van der Waals surface area contributed by atoms with Gasteiger partial charge < -0.3 is 20.1 Å². The summed E-state index contributed by atoms with van der Waals surface area (Å²) in [5.41, 5.74) is 2.23. The van der Waals surface area contributed by atoms with E-state index >= 15 is 0 Å². The first-order valence-electron chi connectivity index (χ1n) is 10.5. The zero-order valence-electron chi connectivity index (χ0n) is 18.7. The Hall–Kier alpha value is -4.13.